The predicted octanol–water partition coefficient (Wildman–Crippen LogP) is 4.48. The minimum atomic E-state index is 0.628. The van der Waals surface area contributed by atoms with Gasteiger partial charge in [-0.2, -0.15) is 0 Å². The lowest BCUT2D eigenvalue weighted by Gasteiger charge is -2.06. The first kappa shape index (κ1) is 11.9. The number of halogens is 2. The molecule has 2 nitrogen and oxygen atoms in total. The van der Waals surface area contributed by atoms with E-state index in [9.17, 15) is 0 Å². The van der Waals surface area contributed by atoms with Gasteiger partial charge in [0.15, 0.2) is 0 Å². The number of hydrogen-bond donors (Lipinski definition) is 1. The van der Waals surface area contributed by atoms with E-state index in [1.165, 1.54) is 10.4 Å². The number of nitrogens with zero attached hydrogens (tertiary/aromatic N) is 1. The molecule has 84 valence electrons. The van der Waals surface area contributed by atoms with Crippen LogP contribution in [0.3, 0.4) is 0 Å². The Labute approximate surface area is 112 Å². The smallest absolute Gasteiger partial charge is 0.145 e. The van der Waals surface area contributed by atoms with Crippen LogP contribution in [-0.4, -0.2) is 4.98 Å². The topological polar surface area (TPSA) is 24.9 Å². The zero-order valence-electron chi connectivity index (χ0n) is 8.63. The Morgan fingerprint density at radius 3 is 3.00 bits per heavy atom. The third-order valence-electron chi connectivity index (χ3n) is 2.19. The number of aromatic nitrogens is 1. The van der Waals surface area contributed by atoms with E-state index in [1.807, 2.05) is 6.07 Å². The molecular weight excluding hydrogens is 308 g/mol. The van der Waals surface area contributed by atoms with Crippen molar-refractivity contribution in [3.8, 4) is 0 Å². The third kappa shape index (κ3) is 2.75. The lowest BCUT2D eigenvalue weighted by molar-refractivity contribution is 1.12. The number of anilines is 1. The van der Waals surface area contributed by atoms with E-state index in [0.717, 1.165) is 16.8 Å². The summed E-state index contributed by atoms with van der Waals surface area (Å²) in [6, 6.07) is 3.94. The van der Waals surface area contributed by atoms with Gasteiger partial charge < -0.3 is 5.32 Å². The molecule has 5 heteroatoms. The largest absolute Gasteiger partial charge is 0.364 e. The van der Waals surface area contributed by atoms with Gasteiger partial charge in [0.1, 0.15) is 5.82 Å². The molecule has 0 aliphatic rings. The zero-order valence-corrected chi connectivity index (χ0v) is 11.8. The highest BCUT2D eigenvalue weighted by Crippen LogP contribution is 2.24. The normalized spacial score (nSPS) is 10.4. The van der Waals surface area contributed by atoms with Gasteiger partial charge >= 0.3 is 0 Å². The monoisotopic (exact) mass is 316 g/mol. The summed E-state index contributed by atoms with van der Waals surface area (Å²) >= 11 is 11.1. The van der Waals surface area contributed by atoms with Gasteiger partial charge in [-0.05, 0) is 45.9 Å². The van der Waals surface area contributed by atoms with Crippen LogP contribution in [0.4, 0.5) is 5.82 Å². The van der Waals surface area contributed by atoms with Gasteiger partial charge in [0.2, 0.25) is 0 Å². The fourth-order valence-corrected chi connectivity index (χ4v) is 2.84. The van der Waals surface area contributed by atoms with Gasteiger partial charge in [-0.15, -0.1) is 11.3 Å². The van der Waals surface area contributed by atoms with E-state index in [0.29, 0.717) is 5.02 Å². The summed E-state index contributed by atoms with van der Waals surface area (Å²) in [6.45, 7) is 2.86. The molecule has 0 spiro atoms. The van der Waals surface area contributed by atoms with E-state index in [1.54, 1.807) is 17.5 Å². The second kappa shape index (κ2) is 5.17. The SMILES string of the molecule is Cc1ccsc1CNc1ncc(Br)cc1Cl. The molecule has 0 atom stereocenters. The van der Waals surface area contributed by atoms with Crippen molar-refractivity contribution in [2.24, 2.45) is 0 Å². The van der Waals surface area contributed by atoms with Crippen molar-refractivity contribution in [2.75, 3.05) is 5.32 Å². The standard InChI is InChI=1S/C11H10BrClN2S/c1-7-2-3-16-10(7)6-15-11-9(13)4-8(12)5-14-11/h2-5H,6H2,1H3,(H,14,15). The first-order chi connectivity index (χ1) is 7.66. The van der Waals surface area contributed by atoms with Crippen LogP contribution in [0.25, 0.3) is 0 Å². The molecule has 16 heavy (non-hydrogen) atoms. The molecule has 2 heterocycles. The fourth-order valence-electron chi connectivity index (χ4n) is 1.29. The molecule has 2 rings (SSSR count). The van der Waals surface area contributed by atoms with E-state index in [2.05, 4.69) is 44.6 Å². The first-order valence-electron chi connectivity index (χ1n) is 4.74. The Morgan fingerprint density at radius 2 is 2.38 bits per heavy atom. The Balaban J connectivity index is 2.08. The highest BCUT2D eigenvalue weighted by molar-refractivity contribution is 9.10. The van der Waals surface area contributed by atoms with Gasteiger partial charge in [0.05, 0.1) is 11.6 Å². The van der Waals surface area contributed by atoms with Crippen LogP contribution in [0.1, 0.15) is 10.4 Å². The minimum Gasteiger partial charge on any atom is -0.364 e. The first-order valence-corrected chi connectivity index (χ1v) is 6.80. The molecule has 0 saturated heterocycles. The molecule has 0 unspecified atom stereocenters. The number of aryl methyl sites for hydroxylation is 1. The van der Waals surface area contributed by atoms with E-state index < -0.39 is 0 Å². The number of rotatable bonds is 3. The molecule has 0 radical (unpaired) electrons. The van der Waals surface area contributed by atoms with Gasteiger partial charge in [-0.3, -0.25) is 0 Å². The second-order valence-electron chi connectivity index (χ2n) is 3.36. The van der Waals surface area contributed by atoms with Crippen molar-refractivity contribution >= 4 is 44.7 Å². The summed E-state index contributed by atoms with van der Waals surface area (Å²) in [5.74, 6) is 0.720. The zero-order chi connectivity index (χ0) is 11.5. The third-order valence-corrected chi connectivity index (χ3v) is 3.94. The van der Waals surface area contributed by atoms with Crippen molar-refractivity contribution in [1.29, 1.82) is 0 Å². The molecule has 0 aliphatic heterocycles. The molecule has 1 N–H and O–H groups in total. The molecule has 0 saturated carbocycles. The fraction of sp³-hybridized carbons (Fsp3) is 0.182. The van der Waals surface area contributed by atoms with Crippen molar-refractivity contribution in [2.45, 2.75) is 13.5 Å². The Kier molecular flexibility index (Phi) is 3.84. The summed E-state index contributed by atoms with van der Waals surface area (Å²) in [5.41, 5.74) is 1.30. The Hall–Kier alpha value is -0.580. The average Bonchev–Trinajstić information content (AvgIpc) is 2.63. The van der Waals surface area contributed by atoms with Gasteiger partial charge in [0, 0.05) is 15.5 Å². The van der Waals surface area contributed by atoms with E-state index >= 15 is 0 Å². The van der Waals surface area contributed by atoms with Crippen molar-refractivity contribution in [3.05, 3.63) is 43.6 Å². The molecule has 2 aromatic heterocycles. The van der Waals surface area contributed by atoms with E-state index in [4.69, 9.17) is 11.6 Å². The van der Waals surface area contributed by atoms with Gasteiger partial charge in [-0.1, -0.05) is 11.6 Å². The van der Waals surface area contributed by atoms with Crippen LogP contribution in [0.5, 0.6) is 0 Å². The lowest BCUT2D eigenvalue weighted by atomic mass is 10.3. The minimum absolute atomic E-state index is 0.628. The van der Waals surface area contributed by atoms with Gasteiger partial charge in [-0.25, -0.2) is 4.98 Å². The summed E-state index contributed by atoms with van der Waals surface area (Å²) in [6.07, 6.45) is 1.73. The maximum Gasteiger partial charge on any atom is 0.145 e. The molecule has 0 aromatic carbocycles. The van der Waals surface area contributed by atoms with Crippen molar-refractivity contribution in [3.63, 3.8) is 0 Å². The van der Waals surface area contributed by atoms with Crippen LogP contribution in [0, 0.1) is 6.92 Å². The quantitative estimate of drug-likeness (QED) is 0.903. The number of nitrogens with one attached hydrogen (secondary N) is 1. The van der Waals surface area contributed by atoms with Crippen LogP contribution >= 0.6 is 38.9 Å². The molecule has 0 bridgehead atoms. The maximum atomic E-state index is 6.06. The van der Waals surface area contributed by atoms with Crippen molar-refractivity contribution < 1.29 is 0 Å². The number of thiophene rings is 1. The van der Waals surface area contributed by atoms with Crippen LogP contribution in [-0.2, 0) is 6.54 Å². The Bertz CT molecular complexity index is 498. The summed E-state index contributed by atoms with van der Waals surface area (Å²) in [4.78, 5) is 5.53. The average molecular weight is 318 g/mol. The second-order valence-corrected chi connectivity index (χ2v) is 5.69. The lowest BCUT2D eigenvalue weighted by Crippen LogP contribution is -2.01. The number of pyridine rings is 1. The van der Waals surface area contributed by atoms with Crippen molar-refractivity contribution in [1.82, 2.24) is 4.98 Å². The van der Waals surface area contributed by atoms with Crippen LogP contribution in [0.15, 0.2) is 28.2 Å². The summed E-state index contributed by atoms with van der Waals surface area (Å²) in [5, 5.41) is 5.94. The molecular formula is C11H10BrClN2S. The molecule has 0 amide bonds. The maximum absolute atomic E-state index is 6.06. The van der Waals surface area contributed by atoms with Crippen LogP contribution < -0.4 is 5.32 Å². The molecule has 2 aromatic rings. The number of hydrogen-bond acceptors (Lipinski definition) is 3. The Morgan fingerprint density at radius 1 is 1.56 bits per heavy atom. The summed E-state index contributed by atoms with van der Waals surface area (Å²) < 4.78 is 0.885. The highest BCUT2D eigenvalue weighted by Gasteiger charge is 2.04. The van der Waals surface area contributed by atoms with Crippen LogP contribution in [0.2, 0.25) is 5.02 Å². The summed E-state index contributed by atoms with van der Waals surface area (Å²) in [7, 11) is 0. The van der Waals surface area contributed by atoms with E-state index in [-0.39, 0.29) is 0 Å². The highest BCUT2D eigenvalue weighted by atomic mass is 79.9. The molecule has 0 aliphatic carbocycles. The molecule has 0 fully saturated rings. The predicted molar refractivity (Wildman–Crippen MR) is 73.3 cm³/mol. The van der Waals surface area contributed by atoms with Gasteiger partial charge in [0.25, 0.3) is 0 Å².